The van der Waals surface area contributed by atoms with E-state index in [0.29, 0.717) is 5.69 Å². The Bertz CT molecular complexity index is 640. The van der Waals surface area contributed by atoms with Crippen molar-refractivity contribution in [2.24, 2.45) is 7.05 Å². The SMILES string of the molecule is Cc1cccc(-n2c(C(F)(F)F)nn(C)c2=S)c1. The quantitative estimate of drug-likeness (QED) is 0.744. The van der Waals surface area contributed by atoms with Gasteiger partial charge in [0.2, 0.25) is 10.6 Å². The highest BCUT2D eigenvalue weighted by molar-refractivity contribution is 7.71. The summed E-state index contributed by atoms with van der Waals surface area (Å²) in [5.41, 5.74) is 1.21. The lowest BCUT2D eigenvalue weighted by Gasteiger charge is -2.09. The van der Waals surface area contributed by atoms with Crippen molar-refractivity contribution in [1.29, 1.82) is 0 Å². The molecule has 0 saturated heterocycles. The van der Waals surface area contributed by atoms with Gasteiger partial charge in [0.25, 0.3) is 0 Å². The first-order valence-corrected chi connectivity index (χ1v) is 5.52. The first-order valence-electron chi connectivity index (χ1n) is 5.11. The fraction of sp³-hybridized carbons (Fsp3) is 0.273. The smallest absolute Gasteiger partial charge is 0.264 e. The van der Waals surface area contributed by atoms with E-state index in [9.17, 15) is 13.2 Å². The molecule has 1 heterocycles. The molecule has 3 nitrogen and oxygen atoms in total. The summed E-state index contributed by atoms with van der Waals surface area (Å²) in [6, 6.07) is 6.68. The summed E-state index contributed by atoms with van der Waals surface area (Å²) in [7, 11) is 1.39. The van der Waals surface area contributed by atoms with Crippen LogP contribution in [0.15, 0.2) is 24.3 Å². The zero-order valence-corrected chi connectivity index (χ0v) is 10.5. The number of aromatic nitrogens is 3. The van der Waals surface area contributed by atoms with Gasteiger partial charge < -0.3 is 0 Å². The summed E-state index contributed by atoms with van der Waals surface area (Å²) < 4.78 is 40.6. The Morgan fingerprint density at radius 1 is 1.28 bits per heavy atom. The van der Waals surface area contributed by atoms with Crippen LogP contribution in [0.2, 0.25) is 0 Å². The molecule has 0 spiro atoms. The van der Waals surface area contributed by atoms with E-state index in [2.05, 4.69) is 5.10 Å². The lowest BCUT2D eigenvalue weighted by Crippen LogP contribution is -2.14. The molecule has 7 heteroatoms. The second-order valence-electron chi connectivity index (χ2n) is 3.90. The van der Waals surface area contributed by atoms with Crippen molar-refractivity contribution < 1.29 is 13.2 Å². The maximum absolute atomic E-state index is 12.9. The maximum atomic E-state index is 12.9. The molecule has 0 aliphatic rings. The van der Waals surface area contributed by atoms with E-state index in [1.54, 1.807) is 31.2 Å². The largest absolute Gasteiger partial charge is 0.452 e. The number of aryl methyl sites for hydroxylation is 2. The van der Waals surface area contributed by atoms with Crippen LogP contribution in [0.1, 0.15) is 11.4 Å². The highest BCUT2D eigenvalue weighted by Crippen LogP contribution is 2.30. The summed E-state index contributed by atoms with van der Waals surface area (Å²) in [6.07, 6.45) is -4.54. The van der Waals surface area contributed by atoms with Crippen LogP contribution in [0.5, 0.6) is 0 Å². The minimum Gasteiger partial charge on any atom is -0.264 e. The van der Waals surface area contributed by atoms with Crippen LogP contribution >= 0.6 is 12.2 Å². The Kier molecular flexibility index (Phi) is 3.02. The number of halogens is 3. The van der Waals surface area contributed by atoms with Gasteiger partial charge in [-0.05, 0) is 36.8 Å². The minimum atomic E-state index is -4.54. The molecule has 0 aliphatic heterocycles. The van der Waals surface area contributed by atoms with E-state index < -0.39 is 12.0 Å². The zero-order valence-electron chi connectivity index (χ0n) is 9.69. The van der Waals surface area contributed by atoms with Crippen LogP contribution in [0.3, 0.4) is 0 Å². The van der Waals surface area contributed by atoms with Crippen molar-refractivity contribution >= 4 is 12.2 Å². The van der Waals surface area contributed by atoms with E-state index in [0.717, 1.165) is 14.8 Å². The Morgan fingerprint density at radius 3 is 2.50 bits per heavy atom. The number of nitrogens with zero attached hydrogens (tertiary/aromatic N) is 3. The third-order valence-electron chi connectivity index (χ3n) is 2.44. The van der Waals surface area contributed by atoms with Crippen molar-refractivity contribution in [2.75, 3.05) is 0 Å². The molecule has 0 fully saturated rings. The summed E-state index contributed by atoms with van der Waals surface area (Å²) in [4.78, 5) is 0. The fourth-order valence-electron chi connectivity index (χ4n) is 1.65. The molecule has 0 N–H and O–H groups in total. The van der Waals surface area contributed by atoms with Gasteiger partial charge in [0, 0.05) is 7.05 Å². The predicted octanol–water partition coefficient (Wildman–Crippen LogP) is 3.27. The summed E-state index contributed by atoms with van der Waals surface area (Å²) in [5, 5.41) is 3.44. The Labute approximate surface area is 106 Å². The molecule has 96 valence electrons. The topological polar surface area (TPSA) is 22.8 Å². The van der Waals surface area contributed by atoms with Crippen LogP contribution in [0.4, 0.5) is 13.2 Å². The van der Waals surface area contributed by atoms with Gasteiger partial charge in [0.1, 0.15) is 0 Å². The van der Waals surface area contributed by atoms with Gasteiger partial charge in [-0.2, -0.15) is 13.2 Å². The first kappa shape index (κ1) is 12.8. The van der Waals surface area contributed by atoms with Crippen molar-refractivity contribution in [1.82, 2.24) is 14.3 Å². The molecule has 0 atom stereocenters. The van der Waals surface area contributed by atoms with E-state index in [1.807, 2.05) is 0 Å². The van der Waals surface area contributed by atoms with E-state index >= 15 is 0 Å². The van der Waals surface area contributed by atoms with Crippen LogP contribution in [0, 0.1) is 11.7 Å². The molecule has 2 rings (SSSR count). The second-order valence-corrected chi connectivity index (χ2v) is 4.27. The van der Waals surface area contributed by atoms with Gasteiger partial charge in [-0.25, -0.2) is 4.68 Å². The highest BCUT2D eigenvalue weighted by Gasteiger charge is 2.38. The van der Waals surface area contributed by atoms with Gasteiger partial charge in [0.15, 0.2) is 0 Å². The van der Waals surface area contributed by atoms with Gasteiger partial charge in [0.05, 0.1) is 5.69 Å². The molecule has 0 saturated carbocycles. The standard InChI is InChI=1S/C11H10F3N3S/c1-7-4-3-5-8(6-7)17-9(11(12,13)14)15-16(2)10(17)18/h3-6H,1-2H3. The van der Waals surface area contributed by atoms with Crippen LogP contribution in [-0.4, -0.2) is 14.3 Å². The lowest BCUT2D eigenvalue weighted by atomic mass is 10.2. The second kappa shape index (κ2) is 4.24. The number of alkyl halides is 3. The normalized spacial score (nSPS) is 11.8. The van der Waals surface area contributed by atoms with Crippen molar-refractivity contribution in [3.63, 3.8) is 0 Å². The minimum absolute atomic E-state index is 0.00734. The average Bonchev–Trinajstić information content (AvgIpc) is 2.55. The summed E-state index contributed by atoms with van der Waals surface area (Å²) >= 11 is 4.97. The van der Waals surface area contributed by atoms with Crippen molar-refractivity contribution in [3.8, 4) is 5.69 Å². The molecule has 2 aromatic rings. The van der Waals surface area contributed by atoms with Gasteiger partial charge in [-0.3, -0.25) is 4.57 Å². The molecule has 0 radical (unpaired) electrons. The number of rotatable bonds is 1. The highest BCUT2D eigenvalue weighted by atomic mass is 32.1. The predicted molar refractivity (Wildman–Crippen MR) is 63.1 cm³/mol. The molecule has 1 aromatic heterocycles. The number of benzene rings is 1. The molecule has 0 aliphatic carbocycles. The molecule has 18 heavy (non-hydrogen) atoms. The number of hydrogen-bond acceptors (Lipinski definition) is 2. The van der Waals surface area contributed by atoms with Gasteiger partial charge >= 0.3 is 6.18 Å². The fourth-order valence-corrected chi connectivity index (χ4v) is 1.88. The average molecular weight is 273 g/mol. The lowest BCUT2D eigenvalue weighted by molar-refractivity contribution is -0.146. The van der Waals surface area contributed by atoms with E-state index in [1.165, 1.54) is 7.05 Å². The Balaban J connectivity index is 2.75. The van der Waals surface area contributed by atoms with Crippen LogP contribution in [-0.2, 0) is 13.2 Å². The van der Waals surface area contributed by atoms with Crippen LogP contribution < -0.4 is 0 Å². The van der Waals surface area contributed by atoms with E-state index in [-0.39, 0.29) is 4.77 Å². The van der Waals surface area contributed by atoms with E-state index in [4.69, 9.17) is 12.2 Å². The third kappa shape index (κ3) is 2.17. The summed E-state index contributed by atoms with van der Waals surface area (Å²) in [5.74, 6) is -1.01. The van der Waals surface area contributed by atoms with Gasteiger partial charge in [-0.15, -0.1) is 5.10 Å². The zero-order chi connectivity index (χ0) is 13.5. The molecule has 0 amide bonds. The van der Waals surface area contributed by atoms with Crippen molar-refractivity contribution in [3.05, 3.63) is 40.4 Å². The Hall–Kier alpha value is -1.63. The molecular weight excluding hydrogens is 263 g/mol. The molecule has 1 aromatic carbocycles. The maximum Gasteiger partial charge on any atom is 0.452 e. The first-order chi connectivity index (χ1) is 8.30. The van der Waals surface area contributed by atoms with Crippen molar-refractivity contribution in [2.45, 2.75) is 13.1 Å². The summed E-state index contributed by atoms with van der Waals surface area (Å²) in [6.45, 7) is 1.80. The van der Waals surface area contributed by atoms with Crippen LogP contribution in [0.25, 0.3) is 5.69 Å². The Morgan fingerprint density at radius 2 is 1.94 bits per heavy atom. The molecular formula is C11H10F3N3S. The molecule has 0 bridgehead atoms. The molecule has 0 unspecified atom stereocenters. The monoisotopic (exact) mass is 273 g/mol. The number of hydrogen-bond donors (Lipinski definition) is 0. The third-order valence-corrected chi connectivity index (χ3v) is 2.88. The van der Waals surface area contributed by atoms with Gasteiger partial charge in [-0.1, -0.05) is 12.1 Å².